The second-order valence-electron chi connectivity index (χ2n) is 9.42. The number of urea groups is 1. The number of piperidine rings is 1. The van der Waals surface area contributed by atoms with E-state index in [2.05, 4.69) is 30.8 Å². The number of carbonyl (C=O) groups excluding carboxylic acids is 2. The number of rotatable bonds is 8. The van der Waals surface area contributed by atoms with E-state index in [1.165, 1.54) is 0 Å². The van der Waals surface area contributed by atoms with Crippen LogP contribution >= 0.6 is 34.5 Å². The van der Waals surface area contributed by atoms with Gasteiger partial charge in [-0.05, 0) is 31.5 Å². The average Bonchev–Trinajstić information content (AvgIpc) is 3.22. The third kappa shape index (κ3) is 6.08. The number of aromatic amines is 1. The molecule has 10 nitrogen and oxygen atoms in total. The van der Waals surface area contributed by atoms with E-state index in [0.717, 1.165) is 16.9 Å². The number of carbonyl (C=O) groups is 3. The summed E-state index contributed by atoms with van der Waals surface area (Å²) in [5.74, 6) is -0.806. The number of H-pyrrole nitrogens is 1. The molecule has 0 radical (unpaired) electrons. The topological polar surface area (TPSA) is 139 Å². The molecule has 1 aliphatic carbocycles. The van der Waals surface area contributed by atoms with Crippen molar-refractivity contribution in [2.75, 3.05) is 29.9 Å². The molecule has 2 aromatic heterocycles. The molecular formula is C25H27Cl2LiN6O4S. The number of aryl methyl sites for hydroxylation is 1. The molecule has 14 heteroatoms. The van der Waals surface area contributed by atoms with Gasteiger partial charge in [0.25, 0.3) is 5.91 Å². The monoisotopic (exact) mass is 584 g/mol. The molecule has 1 aliphatic heterocycles. The molecule has 3 heterocycles. The van der Waals surface area contributed by atoms with Crippen LogP contribution in [0, 0.1) is 18.8 Å². The summed E-state index contributed by atoms with van der Waals surface area (Å²) in [5, 5.41) is 19.5. The smallest absolute Gasteiger partial charge is 1.00 e. The number of amides is 3. The van der Waals surface area contributed by atoms with E-state index in [0.29, 0.717) is 53.3 Å². The second kappa shape index (κ2) is 11.8. The van der Waals surface area contributed by atoms with Crippen LogP contribution < -0.4 is 39.7 Å². The van der Waals surface area contributed by atoms with Crippen molar-refractivity contribution in [3.05, 3.63) is 61.8 Å². The molecule has 0 spiro atoms. The number of fused-ring (bicyclic) bond motifs is 1. The zero-order chi connectivity index (χ0) is 27.1. The molecule has 5 rings (SSSR count). The minimum absolute atomic E-state index is 0. The van der Waals surface area contributed by atoms with Crippen LogP contribution in [-0.4, -0.2) is 58.7 Å². The number of nitrogens with zero attached hydrogens (tertiary/aromatic N) is 2. The Morgan fingerprint density at radius 2 is 1.95 bits per heavy atom. The predicted molar refractivity (Wildman–Crippen MR) is 148 cm³/mol. The summed E-state index contributed by atoms with van der Waals surface area (Å²) in [6, 6.07) is 6.98. The minimum atomic E-state index is -1.02. The first-order valence-corrected chi connectivity index (χ1v) is 13.7. The molecule has 1 saturated carbocycles. The van der Waals surface area contributed by atoms with E-state index in [1.807, 2.05) is 25.1 Å². The van der Waals surface area contributed by atoms with Crippen molar-refractivity contribution in [2.45, 2.75) is 26.3 Å². The van der Waals surface area contributed by atoms with Crippen LogP contribution in [0.1, 0.15) is 45.5 Å². The zero-order valence-electron chi connectivity index (χ0n) is 22.6. The minimum Gasteiger partial charge on any atom is -1.00 e. The van der Waals surface area contributed by atoms with E-state index < -0.39 is 5.97 Å². The Hall–Kier alpha value is -2.68. The third-order valence-electron chi connectivity index (χ3n) is 6.82. The fourth-order valence-corrected chi connectivity index (χ4v) is 6.25. The number of carboxylic acids is 1. The SMILES string of the molecule is CCNC(=O)Nc1cccc(Cc2nc(N3C[C@@H]4C(NC(=O)c5[nH]c(C)c(Cl)c5Cl)[C@@H]4C3)sc2C(=O)O)c1.[H-].[Li+]. The number of benzene rings is 1. The number of hydrogen-bond donors (Lipinski definition) is 5. The quantitative estimate of drug-likeness (QED) is 0.254. The van der Waals surface area contributed by atoms with Gasteiger partial charge in [-0.2, -0.15) is 0 Å². The molecule has 0 bridgehead atoms. The Morgan fingerprint density at radius 3 is 2.56 bits per heavy atom. The average molecular weight is 585 g/mol. The van der Waals surface area contributed by atoms with Gasteiger partial charge in [-0.1, -0.05) is 46.7 Å². The molecule has 3 aromatic rings. The summed E-state index contributed by atoms with van der Waals surface area (Å²) in [6.07, 6.45) is 0.321. The molecule has 1 aromatic carbocycles. The van der Waals surface area contributed by atoms with Crippen LogP contribution in [0.5, 0.6) is 0 Å². The number of thiazole rings is 1. The van der Waals surface area contributed by atoms with Gasteiger partial charge in [-0.3, -0.25) is 4.79 Å². The van der Waals surface area contributed by atoms with Crippen LogP contribution in [0.2, 0.25) is 10.0 Å². The van der Waals surface area contributed by atoms with Gasteiger partial charge >= 0.3 is 30.9 Å². The Labute approximate surface area is 252 Å². The third-order valence-corrected chi connectivity index (χ3v) is 8.91. The van der Waals surface area contributed by atoms with E-state index in [9.17, 15) is 19.5 Å². The molecule has 3 atom stereocenters. The van der Waals surface area contributed by atoms with Crippen molar-refractivity contribution in [1.29, 1.82) is 0 Å². The maximum atomic E-state index is 12.7. The van der Waals surface area contributed by atoms with Gasteiger partial charge in [-0.25, -0.2) is 14.6 Å². The maximum Gasteiger partial charge on any atom is 1.00 e. The molecular weight excluding hydrogens is 558 g/mol. The molecule has 2 aliphatic rings. The number of hydrogen-bond acceptors (Lipinski definition) is 6. The van der Waals surface area contributed by atoms with Crippen molar-refractivity contribution in [2.24, 2.45) is 11.8 Å². The van der Waals surface area contributed by atoms with Crippen molar-refractivity contribution in [1.82, 2.24) is 20.6 Å². The summed E-state index contributed by atoms with van der Waals surface area (Å²) >= 11 is 13.4. The van der Waals surface area contributed by atoms with Crippen molar-refractivity contribution < 1.29 is 39.8 Å². The first-order valence-electron chi connectivity index (χ1n) is 12.1. The van der Waals surface area contributed by atoms with Gasteiger partial charge in [0.2, 0.25) is 0 Å². The fraction of sp³-hybridized carbons (Fsp3) is 0.360. The summed E-state index contributed by atoms with van der Waals surface area (Å²) in [7, 11) is 0. The largest absolute Gasteiger partial charge is 1.00 e. The first kappa shape index (κ1) is 29.3. The first-order chi connectivity index (χ1) is 18.2. The summed E-state index contributed by atoms with van der Waals surface area (Å²) in [5.41, 5.74) is 2.84. The molecule has 1 unspecified atom stereocenters. The van der Waals surface area contributed by atoms with Gasteiger partial charge in [0.05, 0.1) is 15.7 Å². The molecule has 39 heavy (non-hydrogen) atoms. The summed E-state index contributed by atoms with van der Waals surface area (Å²) in [6.45, 7) is 5.44. The molecule has 1 saturated heterocycles. The van der Waals surface area contributed by atoms with Crippen molar-refractivity contribution >= 4 is 63.3 Å². The van der Waals surface area contributed by atoms with Gasteiger partial charge in [0.1, 0.15) is 10.6 Å². The van der Waals surface area contributed by atoms with Gasteiger partial charge in [-0.15, -0.1) is 0 Å². The molecule has 2 fully saturated rings. The van der Waals surface area contributed by atoms with E-state index in [4.69, 9.17) is 23.2 Å². The number of anilines is 2. The van der Waals surface area contributed by atoms with Crippen LogP contribution in [0.4, 0.5) is 15.6 Å². The van der Waals surface area contributed by atoms with Crippen LogP contribution in [0.25, 0.3) is 0 Å². The fourth-order valence-electron chi connectivity index (χ4n) is 4.90. The molecule has 3 amide bonds. The second-order valence-corrected chi connectivity index (χ2v) is 11.2. The van der Waals surface area contributed by atoms with E-state index in [1.54, 1.807) is 13.0 Å². The summed E-state index contributed by atoms with van der Waals surface area (Å²) in [4.78, 5) is 46.4. The Bertz CT molecular complexity index is 1420. The van der Waals surface area contributed by atoms with Crippen LogP contribution in [0.3, 0.4) is 0 Å². The Kier molecular flexibility index (Phi) is 8.88. The van der Waals surface area contributed by atoms with Crippen LogP contribution in [-0.2, 0) is 6.42 Å². The zero-order valence-corrected chi connectivity index (χ0v) is 23.9. The number of nitrogens with one attached hydrogen (secondary N) is 4. The van der Waals surface area contributed by atoms with Crippen molar-refractivity contribution in [3.8, 4) is 0 Å². The Balaban J connectivity index is 0.00000220. The molecule has 5 N–H and O–H groups in total. The van der Waals surface area contributed by atoms with E-state index >= 15 is 0 Å². The normalized spacial score (nSPS) is 19.2. The standard InChI is InChI=1S/C25H26Cl2N6O4S.Li.H/c1-3-28-24(37)30-13-6-4-5-12(7-13)8-16-21(23(35)36)38-25(31-16)33-9-14-15(10-33)19(14)32-22(34)20-18(27)17(26)11(2)29-20;;/h4-7,14-15,19,29H,3,8-10H2,1-2H3,(H,32,34)(H,35,36)(H2,28,30,37);;/q;+1;-1/t14-,15+,19?;;. The molecule has 202 valence electrons. The number of halogens is 2. The number of carboxylic acid groups (broad SMARTS) is 1. The van der Waals surface area contributed by atoms with Gasteiger partial charge in [0.15, 0.2) is 5.13 Å². The summed E-state index contributed by atoms with van der Waals surface area (Å²) < 4.78 is 0. The number of aromatic carboxylic acids is 1. The Morgan fingerprint density at radius 1 is 1.23 bits per heavy atom. The number of aromatic nitrogens is 2. The predicted octanol–water partition coefficient (Wildman–Crippen LogP) is 1.50. The van der Waals surface area contributed by atoms with Crippen LogP contribution in [0.15, 0.2) is 24.3 Å². The van der Waals surface area contributed by atoms with Gasteiger partial charge in [0, 0.05) is 55.3 Å². The van der Waals surface area contributed by atoms with Gasteiger partial charge < -0.3 is 32.4 Å². The van der Waals surface area contributed by atoms with Crippen molar-refractivity contribution in [3.63, 3.8) is 0 Å². The van der Waals surface area contributed by atoms with E-state index in [-0.39, 0.29) is 65.7 Å². The maximum absolute atomic E-state index is 12.7.